The molecule has 2 N–H and O–H groups in total. The van der Waals surface area contributed by atoms with Gasteiger partial charge in [0.15, 0.2) is 0 Å². The van der Waals surface area contributed by atoms with Crippen molar-refractivity contribution in [2.45, 2.75) is 39.2 Å². The molecular weight excluding hydrogens is 252 g/mol. The Hall–Kier alpha value is -1.78. The van der Waals surface area contributed by atoms with Crippen molar-refractivity contribution in [1.29, 1.82) is 0 Å². The predicted octanol–water partition coefficient (Wildman–Crippen LogP) is 2.33. The van der Waals surface area contributed by atoms with Crippen LogP contribution in [0.25, 0.3) is 0 Å². The van der Waals surface area contributed by atoms with E-state index in [2.05, 4.69) is 22.5 Å². The van der Waals surface area contributed by atoms with Crippen molar-refractivity contribution in [3.8, 4) is 0 Å². The van der Waals surface area contributed by atoms with Crippen LogP contribution in [-0.2, 0) is 4.79 Å². The van der Waals surface area contributed by atoms with Gasteiger partial charge in [-0.1, -0.05) is 6.92 Å². The molecule has 1 saturated heterocycles. The first-order chi connectivity index (χ1) is 9.70. The van der Waals surface area contributed by atoms with Crippen LogP contribution in [0.1, 0.15) is 33.1 Å². The zero-order chi connectivity index (χ0) is 14.4. The van der Waals surface area contributed by atoms with E-state index in [0.29, 0.717) is 0 Å². The molecule has 5 nitrogen and oxygen atoms in total. The summed E-state index contributed by atoms with van der Waals surface area (Å²) < 4.78 is 0. The highest BCUT2D eigenvalue weighted by Gasteiger charge is 2.22. The first kappa shape index (κ1) is 14.6. The van der Waals surface area contributed by atoms with Gasteiger partial charge in [0.05, 0.1) is 0 Å². The van der Waals surface area contributed by atoms with Crippen LogP contribution >= 0.6 is 0 Å². The van der Waals surface area contributed by atoms with Gasteiger partial charge >= 0.3 is 0 Å². The summed E-state index contributed by atoms with van der Waals surface area (Å²) >= 11 is 0. The highest BCUT2D eigenvalue weighted by Crippen LogP contribution is 2.15. The molecule has 1 unspecified atom stereocenters. The van der Waals surface area contributed by atoms with Gasteiger partial charge in [-0.2, -0.15) is 0 Å². The number of nitrogens with zero attached hydrogens (tertiary/aromatic N) is 2. The number of aromatic nitrogens is 1. The normalized spacial score (nSPS) is 16.0. The Labute approximate surface area is 120 Å². The third-order valence-electron chi connectivity index (χ3n) is 3.49. The van der Waals surface area contributed by atoms with Crippen LogP contribution in [0.5, 0.6) is 0 Å². The standard InChI is InChI=1S/C15H24N4O/c1-3-7-16-14-11-13(6-8-17-14)18-12(2)15(20)19-9-4-5-10-19/h6,8,11-12H,3-5,7,9-10H2,1-2H3,(H2,16,17,18). The van der Waals surface area contributed by atoms with Crippen LogP contribution in [0.2, 0.25) is 0 Å². The Kier molecular flexibility index (Phi) is 5.21. The average Bonchev–Trinajstić information content (AvgIpc) is 2.98. The number of rotatable bonds is 6. The second-order valence-corrected chi connectivity index (χ2v) is 5.25. The Balaban J connectivity index is 1.92. The molecule has 0 bridgehead atoms. The van der Waals surface area contributed by atoms with Gasteiger partial charge in [0.2, 0.25) is 5.91 Å². The topological polar surface area (TPSA) is 57.3 Å². The molecule has 20 heavy (non-hydrogen) atoms. The third-order valence-corrected chi connectivity index (χ3v) is 3.49. The number of anilines is 2. The molecule has 0 aromatic carbocycles. The highest BCUT2D eigenvalue weighted by molar-refractivity contribution is 5.84. The number of likely N-dealkylation sites (tertiary alicyclic amines) is 1. The maximum Gasteiger partial charge on any atom is 0.244 e. The highest BCUT2D eigenvalue weighted by atomic mass is 16.2. The molecule has 2 heterocycles. The van der Waals surface area contributed by atoms with Gasteiger partial charge in [0, 0.05) is 37.6 Å². The van der Waals surface area contributed by atoms with E-state index in [1.807, 2.05) is 24.0 Å². The molecule has 0 spiro atoms. The van der Waals surface area contributed by atoms with Crippen LogP contribution in [0.3, 0.4) is 0 Å². The van der Waals surface area contributed by atoms with E-state index in [1.54, 1.807) is 6.20 Å². The Bertz CT molecular complexity index is 443. The van der Waals surface area contributed by atoms with Gasteiger partial charge in [0.1, 0.15) is 11.9 Å². The van der Waals surface area contributed by atoms with E-state index in [1.165, 1.54) is 0 Å². The van der Waals surface area contributed by atoms with Gasteiger partial charge in [-0.15, -0.1) is 0 Å². The molecule has 1 aliphatic heterocycles. The van der Waals surface area contributed by atoms with Crippen molar-refractivity contribution in [2.75, 3.05) is 30.3 Å². The van der Waals surface area contributed by atoms with Crippen molar-refractivity contribution < 1.29 is 4.79 Å². The van der Waals surface area contributed by atoms with E-state index >= 15 is 0 Å². The van der Waals surface area contributed by atoms with Crippen LogP contribution in [0, 0.1) is 0 Å². The number of pyridine rings is 1. The molecule has 1 fully saturated rings. The summed E-state index contributed by atoms with van der Waals surface area (Å²) in [4.78, 5) is 18.4. The zero-order valence-electron chi connectivity index (χ0n) is 12.4. The van der Waals surface area contributed by atoms with Crippen molar-refractivity contribution in [1.82, 2.24) is 9.88 Å². The molecule has 0 radical (unpaired) electrons. The Morgan fingerprint density at radius 3 is 2.90 bits per heavy atom. The van der Waals surface area contributed by atoms with Gasteiger partial charge in [-0.3, -0.25) is 4.79 Å². The third kappa shape index (κ3) is 3.85. The first-order valence-corrected chi connectivity index (χ1v) is 7.46. The zero-order valence-corrected chi connectivity index (χ0v) is 12.4. The number of hydrogen-bond donors (Lipinski definition) is 2. The first-order valence-electron chi connectivity index (χ1n) is 7.46. The molecule has 1 aromatic rings. The van der Waals surface area contributed by atoms with Gasteiger partial charge in [0.25, 0.3) is 0 Å². The monoisotopic (exact) mass is 276 g/mol. The van der Waals surface area contributed by atoms with Gasteiger partial charge < -0.3 is 15.5 Å². The largest absolute Gasteiger partial charge is 0.374 e. The minimum atomic E-state index is -0.200. The van der Waals surface area contributed by atoms with Crippen LogP contribution in [0.4, 0.5) is 11.5 Å². The molecule has 5 heteroatoms. The molecule has 1 aromatic heterocycles. The lowest BCUT2D eigenvalue weighted by molar-refractivity contribution is -0.130. The molecule has 0 aliphatic carbocycles. The Morgan fingerprint density at radius 1 is 1.45 bits per heavy atom. The predicted molar refractivity (Wildman–Crippen MR) is 81.9 cm³/mol. The van der Waals surface area contributed by atoms with E-state index in [9.17, 15) is 4.79 Å². The lowest BCUT2D eigenvalue weighted by atomic mass is 10.2. The number of nitrogens with one attached hydrogen (secondary N) is 2. The van der Waals surface area contributed by atoms with Gasteiger partial charge in [-0.05, 0) is 32.3 Å². The number of carbonyl (C=O) groups excluding carboxylic acids is 1. The number of carbonyl (C=O) groups is 1. The van der Waals surface area contributed by atoms with Crippen molar-refractivity contribution in [2.24, 2.45) is 0 Å². The summed E-state index contributed by atoms with van der Waals surface area (Å²) in [5.74, 6) is 1.03. The lowest BCUT2D eigenvalue weighted by Gasteiger charge is -2.22. The summed E-state index contributed by atoms with van der Waals surface area (Å²) in [6.45, 7) is 6.72. The van der Waals surface area contributed by atoms with Crippen molar-refractivity contribution in [3.63, 3.8) is 0 Å². The fraction of sp³-hybridized carbons (Fsp3) is 0.600. The van der Waals surface area contributed by atoms with Crippen molar-refractivity contribution in [3.05, 3.63) is 18.3 Å². The average molecular weight is 276 g/mol. The molecule has 1 aliphatic rings. The van der Waals surface area contributed by atoms with Crippen molar-refractivity contribution >= 4 is 17.4 Å². The van der Waals surface area contributed by atoms with E-state index in [-0.39, 0.29) is 11.9 Å². The van der Waals surface area contributed by atoms with E-state index in [0.717, 1.165) is 50.4 Å². The second-order valence-electron chi connectivity index (χ2n) is 5.25. The molecule has 110 valence electrons. The number of amides is 1. The van der Waals surface area contributed by atoms with Crippen LogP contribution < -0.4 is 10.6 Å². The molecule has 0 saturated carbocycles. The van der Waals surface area contributed by atoms with Gasteiger partial charge in [-0.25, -0.2) is 4.98 Å². The van der Waals surface area contributed by atoms with Crippen LogP contribution in [-0.4, -0.2) is 41.5 Å². The summed E-state index contributed by atoms with van der Waals surface area (Å²) in [5.41, 5.74) is 0.929. The lowest BCUT2D eigenvalue weighted by Crippen LogP contribution is -2.39. The number of hydrogen-bond acceptors (Lipinski definition) is 4. The minimum Gasteiger partial charge on any atom is -0.374 e. The SMILES string of the molecule is CCCNc1cc(NC(C)C(=O)N2CCCC2)ccn1. The molecular formula is C15H24N4O. The van der Waals surface area contributed by atoms with E-state index in [4.69, 9.17) is 0 Å². The fourth-order valence-electron chi connectivity index (χ4n) is 2.39. The van der Waals surface area contributed by atoms with Crippen LogP contribution in [0.15, 0.2) is 18.3 Å². The summed E-state index contributed by atoms with van der Waals surface area (Å²) in [7, 11) is 0. The quantitative estimate of drug-likeness (QED) is 0.837. The maximum absolute atomic E-state index is 12.2. The molecule has 2 rings (SSSR count). The maximum atomic E-state index is 12.2. The summed E-state index contributed by atoms with van der Waals surface area (Å²) in [6, 6.07) is 3.64. The Morgan fingerprint density at radius 2 is 2.20 bits per heavy atom. The smallest absolute Gasteiger partial charge is 0.244 e. The molecule has 1 atom stereocenters. The second kappa shape index (κ2) is 7.12. The minimum absolute atomic E-state index is 0.183. The fourth-order valence-corrected chi connectivity index (χ4v) is 2.39. The van der Waals surface area contributed by atoms with E-state index < -0.39 is 0 Å². The summed E-state index contributed by atoms with van der Waals surface area (Å²) in [5, 5.41) is 6.51. The summed E-state index contributed by atoms with van der Waals surface area (Å²) in [6.07, 6.45) is 5.06. The molecule has 1 amide bonds.